The summed E-state index contributed by atoms with van der Waals surface area (Å²) in [6.45, 7) is 0.460. The van der Waals surface area contributed by atoms with Crippen LogP contribution in [-0.2, 0) is 0 Å². The molecule has 0 radical (unpaired) electrons. The van der Waals surface area contributed by atoms with Gasteiger partial charge in [-0.05, 0) is 29.8 Å². The molecule has 0 heterocycles. The van der Waals surface area contributed by atoms with Gasteiger partial charge in [0.1, 0.15) is 5.75 Å². The summed E-state index contributed by atoms with van der Waals surface area (Å²) in [6, 6.07) is 17.0. The molecule has 0 aromatic heterocycles. The lowest BCUT2D eigenvalue weighted by Gasteiger charge is -2.12. The van der Waals surface area contributed by atoms with Crippen LogP contribution in [0.1, 0.15) is 17.9 Å². The van der Waals surface area contributed by atoms with Crippen molar-refractivity contribution < 1.29 is 4.74 Å². The number of hydrogen-bond acceptors (Lipinski definition) is 2. The number of nitrogens with zero attached hydrogens (tertiary/aromatic N) is 1. The molecule has 0 fully saturated rings. The maximum atomic E-state index is 9.27. The smallest absolute Gasteiger partial charge is 0.119 e. The second-order valence-corrected chi connectivity index (χ2v) is 5.14. The monoisotopic (exact) mass is 305 g/mol. The summed E-state index contributed by atoms with van der Waals surface area (Å²) in [6.07, 6.45) is 0.576. The van der Waals surface area contributed by atoms with Crippen molar-refractivity contribution in [2.24, 2.45) is 0 Å². The molecule has 0 N–H and O–H groups in total. The van der Waals surface area contributed by atoms with Crippen molar-refractivity contribution in [2.45, 2.75) is 12.3 Å². The quantitative estimate of drug-likeness (QED) is 0.772. The third kappa shape index (κ3) is 3.90. The van der Waals surface area contributed by atoms with E-state index in [1.807, 2.05) is 30.3 Å². The van der Waals surface area contributed by atoms with E-state index in [4.69, 9.17) is 27.9 Å². The summed E-state index contributed by atoms with van der Waals surface area (Å²) in [5, 5.41) is 10.4. The van der Waals surface area contributed by atoms with Gasteiger partial charge in [-0.15, -0.1) is 0 Å². The highest BCUT2D eigenvalue weighted by molar-refractivity contribution is 6.35. The highest BCUT2D eigenvalue weighted by atomic mass is 35.5. The minimum absolute atomic E-state index is 0.302. The lowest BCUT2D eigenvalue weighted by atomic mass is 9.97. The van der Waals surface area contributed by atoms with Crippen LogP contribution in [0.5, 0.6) is 5.75 Å². The Labute approximate surface area is 128 Å². The maximum absolute atomic E-state index is 9.27. The summed E-state index contributed by atoms with van der Waals surface area (Å²) in [5.74, 6) is 0.495. The fourth-order valence-corrected chi connectivity index (χ4v) is 2.43. The molecular weight excluding hydrogens is 293 g/mol. The molecule has 102 valence electrons. The van der Waals surface area contributed by atoms with Crippen LogP contribution in [0, 0.1) is 11.3 Å². The molecule has 0 aliphatic heterocycles. The van der Waals surface area contributed by atoms with Gasteiger partial charge in [0.15, 0.2) is 0 Å². The van der Waals surface area contributed by atoms with Crippen LogP contribution in [0.4, 0.5) is 0 Å². The first-order valence-electron chi connectivity index (χ1n) is 6.23. The highest BCUT2D eigenvalue weighted by Crippen LogP contribution is 2.29. The van der Waals surface area contributed by atoms with Gasteiger partial charge in [0.25, 0.3) is 0 Å². The molecule has 20 heavy (non-hydrogen) atoms. The van der Waals surface area contributed by atoms with E-state index in [1.54, 1.807) is 18.2 Å². The first-order chi connectivity index (χ1) is 9.70. The van der Waals surface area contributed by atoms with E-state index in [9.17, 15) is 5.26 Å². The van der Waals surface area contributed by atoms with Crippen LogP contribution in [0.3, 0.4) is 0 Å². The van der Waals surface area contributed by atoms with Crippen molar-refractivity contribution in [3.05, 3.63) is 64.1 Å². The molecule has 2 rings (SSSR count). The van der Waals surface area contributed by atoms with Gasteiger partial charge in [0.05, 0.1) is 18.6 Å². The summed E-state index contributed by atoms with van der Waals surface area (Å²) in [4.78, 5) is 0. The number of rotatable bonds is 5. The molecule has 0 aliphatic carbocycles. The fraction of sp³-hybridized carbons (Fsp3) is 0.188. The number of nitriles is 1. The summed E-state index contributed by atoms with van der Waals surface area (Å²) < 4.78 is 5.60. The Balaban J connectivity index is 1.98. The van der Waals surface area contributed by atoms with E-state index in [0.29, 0.717) is 23.1 Å². The molecule has 2 aromatic rings. The minimum atomic E-state index is -0.302. The first-order valence-corrected chi connectivity index (χ1v) is 6.98. The molecule has 2 nitrogen and oxygen atoms in total. The van der Waals surface area contributed by atoms with E-state index in [-0.39, 0.29) is 5.92 Å². The molecule has 0 amide bonds. The van der Waals surface area contributed by atoms with Gasteiger partial charge in [-0.3, -0.25) is 0 Å². The zero-order chi connectivity index (χ0) is 14.4. The number of hydrogen-bond donors (Lipinski definition) is 0. The second-order valence-electron chi connectivity index (χ2n) is 4.30. The third-order valence-electron chi connectivity index (χ3n) is 2.91. The molecule has 0 saturated heterocycles. The lowest BCUT2D eigenvalue weighted by molar-refractivity contribution is 0.306. The van der Waals surface area contributed by atoms with E-state index in [2.05, 4.69) is 6.07 Å². The van der Waals surface area contributed by atoms with Crippen molar-refractivity contribution in [3.8, 4) is 11.8 Å². The van der Waals surface area contributed by atoms with Gasteiger partial charge in [0, 0.05) is 16.5 Å². The zero-order valence-electron chi connectivity index (χ0n) is 10.7. The highest BCUT2D eigenvalue weighted by Gasteiger charge is 2.14. The van der Waals surface area contributed by atoms with Crippen molar-refractivity contribution in [1.29, 1.82) is 5.26 Å². The van der Waals surface area contributed by atoms with E-state index in [1.165, 1.54) is 0 Å². The summed E-state index contributed by atoms with van der Waals surface area (Å²) >= 11 is 12.0. The van der Waals surface area contributed by atoms with Crippen LogP contribution in [0.2, 0.25) is 10.0 Å². The van der Waals surface area contributed by atoms with Crippen molar-refractivity contribution >= 4 is 23.2 Å². The number of ether oxygens (including phenoxy) is 1. The predicted molar refractivity (Wildman–Crippen MR) is 81.4 cm³/mol. The Morgan fingerprint density at radius 1 is 1.10 bits per heavy atom. The number of benzene rings is 2. The molecular formula is C16H13Cl2NO. The minimum Gasteiger partial charge on any atom is -0.494 e. The lowest BCUT2D eigenvalue weighted by Crippen LogP contribution is -2.05. The van der Waals surface area contributed by atoms with E-state index in [0.717, 1.165) is 11.3 Å². The molecule has 1 atom stereocenters. The van der Waals surface area contributed by atoms with Gasteiger partial charge in [-0.2, -0.15) is 5.26 Å². The largest absolute Gasteiger partial charge is 0.494 e. The Morgan fingerprint density at radius 2 is 1.85 bits per heavy atom. The van der Waals surface area contributed by atoms with Gasteiger partial charge in [-0.1, -0.05) is 47.5 Å². The Kier molecular flexibility index (Phi) is 5.29. The fourth-order valence-electron chi connectivity index (χ4n) is 1.89. The zero-order valence-corrected chi connectivity index (χ0v) is 12.2. The van der Waals surface area contributed by atoms with E-state index < -0.39 is 0 Å². The van der Waals surface area contributed by atoms with Gasteiger partial charge >= 0.3 is 0 Å². The third-order valence-corrected chi connectivity index (χ3v) is 3.47. The first kappa shape index (κ1) is 14.7. The molecule has 2 aromatic carbocycles. The SMILES string of the molecule is N#C[C@H](CCOc1ccccc1)c1ccc(Cl)cc1Cl. The average molecular weight is 306 g/mol. The van der Waals surface area contributed by atoms with Gasteiger partial charge < -0.3 is 4.74 Å². The summed E-state index contributed by atoms with van der Waals surface area (Å²) in [5.41, 5.74) is 0.787. The van der Waals surface area contributed by atoms with Crippen LogP contribution in [0.15, 0.2) is 48.5 Å². The molecule has 0 unspecified atom stereocenters. The molecule has 4 heteroatoms. The van der Waals surface area contributed by atoms with Crippen LogP contribution in [0.25, 0.3) is 0 Å². The van der Waals surface area contributed by atoms with E-state index >= 15 is 0 Å². The normalized spacial score (nSPS) is 11.7. The number of halogens is 2. The number of para-hydroxylation sites is 1. The predicted octanol–water partition coefficient (Wildman–Crippen LogP) is 5.07. The van der Waals surface area contributed by atoms with Gasteiger partial charge in [0.2, 0.25) is 0 Å². The molecule has 0 aliphatic rings. The topological polar surface area (TPSA) is 33.0 Å². The van der Waals surface area contributed by atoms with Crippen molar-refractivity contribution in [2.75, 3.05) is 6.61 Å². The van der Waals surface area contributed by atoms with Crippen molar-refractivity contribution in [1.82, 2.24) is 0 Å². The van der Waals surface area contributed by atoms with Gasteiger partial charge in [-0.25, -0.2) is 0 Å². The molecule has 0 bridgehead atoms. The van der Waals surface area contributed by atoms with Crippen LogP contribution < -0.4 is 4.74 Å². The maximum Gasteiger partial charge on any atom is 0.119 e. The average Bonchev–Trinajstić information content (AvgIpc) is 2.46. The Morgan fingerprint density at radius 3 is 2.50 bits per heavy atom. The standard InChI is InChI=1S/C16H13Cl2NO/c17-13-6-7-15(16(18)10-13)12(11-19)8-9-20-14-4-2-1-3-5-14/h1-7,10,12H,8-9H2/t12-/m0/s1. The van der Waals surface area contributed by atoms with Crippen LogP contribution >= 0.6 is 23.2 Å². The second kappa shape index (κ2) is 7.19. The Hall–Kier alpha value is -1.69. The van der Waals surface area contributed by atoms with Crippen LogP contribution in [-0.4, -0.2) is 6.61 Å². The summed E-state index contributed by atoms with van der Waals surface area (Å²) in [7, 11) is 0. The molecule has 0 spiro atoms. The Bertz CT molecular complexity index is 608. The molecule has 0 saturated carbocycles. The van der Waals surface area contributed by atoms with Crippen molar-refractivity contribution in [3.63, 3.8) is 0 Å².